The molecule has 0 saturated carbocycles. The van der Waals surface area contributed by atoms with Gasteiger partial charge < -0.3 is 4.57 Å². The molecule has 8 rings (SSSR count). The largest absolute Gasteiger partial charge is 0.309 e. The van der Waals surface area contributed by atoms with E-state index < -0.39 is 0 Å². The summed E-state index contributed by atoms with van der Waals surface area (Å²) in [4.78, 5) is 0. The second kappa shape index (κ2) is 14.6. The molecule has 0 spiro atoms. The molecule has 5 aromatic carbocycles. The fraction of sp³-hybridized carbons (Fsp3) is 0.0400. The van der Waals surface area contributed by atoms with E-state index in [1.807, 2.05) is 6.08 Å². The van der Waals surface area contributed by atoms with Gasteiger partial charge in [-0.2, -0.15) is 0 Å². The highest BCUT2D eigenvalue weighted by atomic mass is 15.0. The van der Waals surface area contributed by atoms with Crippen LogP contribution < -0.4 is 0 Å². The number of fused-ring (bicyclic) bond motifs is 5. The number of para-hydroxylation sites is 2. The molecule has 51 heavy (non-hydrogen) atoms. The van der Waals surface area contributed by atoms with Crippen molar-refractivity contribution >= 4 is 44.7 Å². The molecule has 0 amide bonds. The van der Waals surface area contributed by atoms with E-state index in [4.69, 9.17) is 0 Å². The number of hydrogen-bond donors (Lipinski definition) is 0. The summed E-state index contributed by atoms with van der Waals surface area (Å²) in [6.45, 7) is 4.22. The van der Waals surface area contributed by atoms with Crippen molar-refractivity contribution < 1.29 is 0 Å². The number of aromatic nitrogens is 1. The van der Waals surface area contributed by atoms with Crippen molar-refractivity contribution in [3.63, 3.8) is 0 Å². The SMILES string of the molecule is C=C/C(=C\C=C\c1ccc2c3ccccc3n(-c3ccccc3)c2c1)C1=CCC2C=C1\C=C/C(=C/C=C/c1cccc3ccccc13)/C=C/C=C\2. The summed E-state index contributed by atoms with van der Waals surface area (Å²) in [5.74, 6) is 0.361. The van der Waals surface area contributed by atoms with Crippen molar-refractivity contribution in [3.8, 4) is 5.69 Å². The van der Waals surface area contributed by atoms with Crippen molar-refractivity contribution in [2.24, 2.45) is 5.92 Å². The molecule has 244 valence electrons. The number of benzene rings is 5. The van der Waals surface area contributed by atoms with E-state index >= 15 is 0 Å². The molecule has 6 aromatic rings. The summed E-state index contributed by atoms with van der Waals surface area (Å²) >= 11 is 0. The van der Waals surface area contributed by atoms with Crippen LogP contribution in [0.5, 0.6) is 0 Å². The monoisotopic (exact) mass is 653 g/mol. The van der Waals surface area contributed by atoms with Gasteiger partial charge in [0, 0.05) is 16.5 Å². The predicted molar refractivity (Wildman–Crippen MR) is 221 cm³/mol. The van der Waals surface area contributed by atoms with Crippen LogP contribution in [0.15, 0.2) is 223 Å². The van der Waals surface area contributed by atoms with E-state index in [2.05, 4.69) is 211 Å². The van der Waals surface area contributed by atoms with Crippen molar-refractivity contribution in [3.05, 3.63) is 234 Å². The van der Waals surface area contributed by atoms with Gasteiger partial charge in [0.25, 0.3) is 0 Å². The maximum Gasteiger partial charge on any atom is 0.0547 e. The highest BCUT2D eigenvalue weighted by molar-refractivity contribution is 6.09. The summed E-state index contributed by atoms with van der Waals surface area (Å²) in [6.07, 6.45) is 33.9. The molecule has 2 aliphatic rings. The molecule has 0 N–H and O–H groups in total. The summed E-state index contributed by atoms with van der Waals surface area (Å²) in [7, 11) is 0. The molecular formula is C50H39N. The number of rotatable bonds is 7. The smallest absolute Gasteiger partial charge is 0.0547 e. The third-order valence-corrected chi connectivity index (χ3v) is 9.71. The van der Waals surface area contributed by atoms with Gasteiger partial charge in [-0.15, -0.1) is 0 Å². The van der Waals surface area contributed by atoms with Gasteiger partial charge in [0.05, 0.1) is 11.0 Å². The standard InChI is InChI=1S/C50H39N/c1-2-40(20-13-18-39-31-34-48-47-27-10-11-28-49(47)51(50(48)36-39)44-24-4-3-5-25-44)46-33-30-38-16-7-6-15-37(29-32-43(46)35-38)17-12-21-42-23-14-22-41-19-8-9-26-45(41)42/h2-29,31-36,38H,1,30H2/b15-6+,16-7-,18-13+,21-12+,32-29-,37-17+,40-20+. The first-order valence-corrected chi connectivity index (χ1v) is 17.7. The Morgan fingerprint density at radius 3 is 2.39 bits per heavy atom. The second-order valence-electron chi connectivity index (χ2n) is 13.0. The molecule has 0 radical (unpaired) electrons. The van der Waals surface area contributed by atoms with Crippen LogP contribution in [-0.2, 0) is 0 Å². The van der Waals surface area contributed by atoms with Gasteiger partial charge in [-0.1, -0.05) is 189 Å². The van der Waals surface area contributed by atoms with Crippen LogP contribution in [0.25, 0.3) is 50.4 Å². The molecule has 1 nitrogen and oxygen atoms in total. The molecule has 1 aromatic heterocycles. The van der Waals surface area contributed by atoms with Crippen molar-refractivity contribution in [1.29, 1.82) is 0 Å². The lowest BCUT2D eigenvalue weighted by atomic mass is 9.85. The zero-order chi connectivity index (χ0) is 34.4. The summed E-state index contributed by atoms with van der Waals surface area (Å²) in [5.41, 5.74) is 10.6. The first-order chi connectivity index (χ1) is 25.2. The Balaban J connectivity index is 1.07. The zero-order valence-electron chi connectivity index (χ0n) is 28.6. The molecule has 2 aliphatic carbocycles. The Morgan fingerprint density at radius 1 is 0.686 bits per heavy atom. The Kier molecular flexibility index (Phi) is 9.09. The molecule has 0 saturated heterocycles. The molecule has 2 bridgehead atoms. The first kappa shape index (κ1) is 31.8. The second-order valence-corrected chi connectivity index (χ2v) is 13.0. The van der Waals surface area contributed by atoms with E-state index in [0.717, 1.165) is 28.8 Å². The van der Waals surface area contributed by atoms with Crippen molar-refractivity contribution in [2.75, 3.05) is 0 Å². The van der Waals surface area contributed by atoms with Gasteiger partial charge >= 0.3 is 0 Å². The van der Waals surface area contributed by atoms with Crippen LogP contribution in [0.1, 0.15) is 17.5 Å². The molecule has 0 aliphatic heterocycles. The molecule has 1 unspecified atom stereocenters. The normalized spacial score (nSPS) is 19.1. The van der Waals surface area contributed by atoms with Crippen LogP contribution in [-0.4, -0.2) is 4.57 Å². The third-order valence-electron chi connectivity index (χ3n) is 9.71. The van der Waals surface area contributed by atoms with Gasteiger partial charge in [0.15, 0.2) is 0 Å². The molecule has 0 fully saturated rings. The molecule has 1 heteroatoms. The Morgan fingerprint density at radius 2 is 1.49 bits per heavy atom. The van der Waals surface area contributed by atoms with Crippen LogP contribution >= 0.6 is 0 Å². The Bertz CT molecular complexity index is 2550. The maximum atomic E-state index is 4.22. The fourth-order valence-electron chi connectivity index (χ4n) is 7.19. The molecule has 1 atom stereocenters. The van der Waals surface area contributed by atoms with Gasteiger partial charge in [-0.3, -0.25) is 0 Å². The van der Waals surface area contributed by atoms with Gasteiger partial charge in [-0.25, -0.2) is 0 Å². The lowest BCUT2D eigenvalue weighted by Crippen LogP contribution is -2.03. The Hall–Kier alpha value is -6.44. The zero-order valence-corrected chi connectivity index (χ0v) is 28.6. The summed E-state index contributed by atoms with van der Waals surface area (Å²) < 4.78 is 2.36. The number of allylic oxidation sites excluding steroid dienone is 17. The van der Waals surface area contributed by atoms with Gasteiger partial charge in [-0.05, 0) is 80.8 Å². The molecular weight excluding hydrogens is 615 g/mol. The fourth-order valence-corrected chi connectivity index (χ4v) is 7.19. The number of nitrogens with zero attached hydrogens (tertiary/aromatic N) is 1. The van der Waals surface area contributed by atoms with Crippen LogP contribution in [0.2, 0.25) is 0 Å². The van der Waals surface area contributed by atoms with Crippen LogP contribution in [0.4, 0.5) is 0 Å². The highest BCUT2D eigenvalue weighted by Crippen LogP contribution is 2.34. The van der Waals surface area contributed by atoms with E-state index in [1.54, 1.807) is 0 Å². The average molecular weight is 654 g/mol. The lowest BCUT2D eigenvalue weighted by Gasteiger charge is -2.19. The van der Waals surface area contributed by atoms with E-state index in [0.29, 0.717) is 5.92 Å². The van der Waals surface area contributed by atoms with Gasteiger partial charge in [0.2, 0.25) is 0 Å². The van der Waals surface area contributed by atoms with Crippen LogP contribution in [0, 0.1) is 5.92 Å². The highest BCUT2D eigenvalue weighted by Gasteiger charge is 2.15. The average Bonchev–Trinajstić information content (AvgIpc) is 3.51. The van der Waals surface area contributed by atoms with Crippen molar-refractivity contribution in [1.82, 2.24) is 4.57 Å². The minimum atomic E-state index is 0.361. The quantitative estimate of drug-likeness (QED) is 0.151. The summed E-state index contributed by atoms with van der Waals surface area (Å²) in [5, 5.41) is 5.03. The minimum absolute atomic E-state index is 0.361. The first-order valence-electron chi connectivity index (χ1n) is 17.7. The minimum Gasteiger partial charge on any atom is -0.309 e. The third kappa shape index (κ3) is 6.75. The predicted octanol–water partition coefficient (Wildman–Crippen LogP) is 13.3. The van der Waals surface area contributed by atoms with Crippen molar-refractivity contribution in [2.45, 2.75) is 6.42 Å². The van der Waals surface area contributed by atoms with E-state index in [-0.39, 0.29) is 0 Å². The topological polar surface area (TPSA) is 4.93 Å². The summed E-state index contributed by atoms with van der Waals surface area (Å²) in [6, 6.07) is 41.0. The lowest BCUT2D eigenvalue weighted by molar-refractivity contribution is 0.808. The van der Waals surface area contributed by atoms with E-state index in [9.17, 15) is 0 Å². The molecule has 1 heterocycles. The van der Waals surface area contributed by atoms with Gasteiger partial charge in [0.1, 0.15) is 0 Å². The maximum absolute atomic E-state index is 4.22. The number of hydrogen-bond acceptors (Lipinski definition) is 0. The van der Waals surface area contributed by atoms with E-state index in [1.165, 1.54) is 49.3 Å². The van der Waals surface area contributed by atoms with Crippen LogP contribution in [0.3, 0.4) is 0 Å². The Labute approximate surface area is 300 Å².